The Bertz CT molecular complexity index is 735. The molecule has 24 heavy (non-hydrogen) atoms. The van der Waals surface area contributed by atoms with Gasteiger partial charge in [-0.1, -0.05) is 26.2 Å². The predicted octanol–water partition coefficient (Wildman–Crippen LogP) is 3.35. The monoisotopic (exact) mass is 331 g/mol. The van der Waals surface area contributed by atoms with Gasteiger partial charge in [-0.2, -0.15) is 0 Å². The summed E-state index contributed by atoms with van der Waals surface area (Å²) in [5, 5.41) is 9.55. The van der Waals surface area contributed by atoms with E-state index in [9.17, 15) is 9.90 Å². The third-order valence-electron chi connectivity index (χ3n) is 4.67. The predicted molar refractivity (Wildman–Crippen MR) is 91.4 cm³/mol. The molecule has 0 radical (unpaired) electrons. The standard InChI is InChI=1S/C18H25N3O3/c1-3-4-5-6-7-13-10-15-17(20-16(13)18(22)23)21(12(2)19-15)11-14-8-9-24-14/h10,14H,3-9,11H2,1-2H3,(H,22,23)/t14-/m0/s1. The Morgan fingerprint density at radius 1 is 1.38 bits per heavy atom. The zero-order valence-electron chi connectivity index (χ0n) is 14.4. The number of imidazole rings is 1. The second-order valence-electron chi connectivity index (χ2n) is 6.51. The summed E-state index contributed by atoms with van der Waals surface area (Å²) in [7, 11) is 0. The minimum absolute atomic E-state index is 0.162. The van der Waals surface area contributed by atoms with Gasteiger partial charge < -0.3 is 14.4 Å². The lowest BCUT2D eigenvalue weighted by Crippen LogP contribution is -2.31. The van der Waals surface area contributed by atoms with Crippen molar-refractivity contribution < 1.29 is 14.6 Å². The van der Waals surface area contributed by atoms with Gasteiger partial charge in [0.25, 0.3) is 0 Å². The second-order valence-corrected chi connectivity index (χ2v) is 6.51. The molecule has 0 amide bonds. The molecule has 1 fully saturated rings. The van der Waals surface area contributed by atoms with Crippen LogP contribution in [0.1, 0.15) is 60.9 Å². The molecular weight excluding hydrogens is 306 g/mol. The van der Waals surface area contributed by atoms with Crippen molar-refractivity contribution in [2.45, 2.75) is 65.0 Å². The molecule has 0 unspecified atom stereocenters. The first-order chi connectivity index (χ1) is 11.6. The van der Waals surface area contributed by atoms with Crippen molar-refractivity contribution in [1.29, 1.82) is 0 Å². The number of fused-ring (bicyclic) bond motifs is 1. The average Bonchev–Trinajstić information content (AvgIpc) is 2.81. The maximum Gasteiger partial charge on any atom is 0.354 e. The van der Waals surface area contributed by atoms with Gasteiger partial charge in [-0.15, -0.1) is 0 Å². The fraction of sp³-hybridized carbons (Fsp3) is 0.611. The summed E-state index contributed by atoms with van der Waals surface area (Å²) in [6.45, 7) is 5.58. The van der Waals surface area contributed by atoms with Crippen LogP contribution in [0.3, 0.4) is 0 Å². The van der Waals surface area contributed by atoms with Crippen LogP contribution in [-0.2, 0) is 17.7 Å². The molecule has 0 saturated carbocycles. The summed E-state index contributed by atoms with van der Waals surface area (Å²) in [4.78, 5) is 20.7. The van der Waals surface area contributed by atoms with Crippen LogP contribution < -0.4 is 0 Å². The van der Waals surface area contributed by atoms with Gasteiger partial charge in [0.05, 0.1) is 12.6 Å². The third-order valence-corrected chi connectivity index (χ3v) is 4.67. The van der Waals surface area contributed by atoms with E-state index in [2.05, 4.69) is 16.9 Å². The Balaban J connectivity index is 1.91. The summed E-state index contributed by atoms with van der Waals surface area (Å²) in [5.41, 5.74) is 2.38. The molecule has 0 aliphatic carbocycles. The van der Waals surface area contributed by atoms with Crippen molar-refractivity contribution >= 4 is 17.1 Å². The van der Waals surface area contributed by atoms with Crippen molar-refractivity contribution in [3.05, 3.63) is 23.1 Å². The molecule has 0 spiro atoms. The fourth-order valence-electron chi connectivity index (χ4n) is 3.17. The van der Waals surface area contributed by atoms with Gasteiger partial charge in [0.15, 0.2) is 11.3 Å². The smallest absolute Gasteiger partial charge is 0.354 e. The number of hydrogen-bond acceptors (Lipinski definition) is 4. The van der Waals surface area contributed by atoms with Gasteiger partial charge >= 0.3 is 5.97 Å². The number of pyridine rings is 1. The molecule has 2 aromatic heterocycles. The average molecular weight is 331 g/mol. The lowest BCUT2D eigenvalue weighted by molar-refractivity contribution is -0.0589. The maximum absolute atomic E-state index is 11.6. The number of aromatic nitrogens is 3. The third kappa shape index (κ3) is 3.43. The number of carboxylic acid groups (broad SMARTS) is 1. The van der Waals surface area contributed by atoms with Crippen molar-refractivity contribution in [3.63, 3.8) is 0 Å². The van der Waals surface area contributed by atoms with Gasteiger partial charge in [0, 0.05) is 6.61 Å². The van der Waals surface area contributed by atoms with Crippen LogP contribution in [0.5, 0.6) is 0 Å². The van der Waals surface area contributed by atoms with E-state index in [1.807, 2.05) is 17.6 Å². The molecule has 6 heteroatoms. The van der Waals surface area contributed by atoms with Crippen molar-refractivity contribution in [2.75, 3.05) is 6.61 Å². The van der Waals surface area contributed by atoms with Gasteiger partial charge in [-0.3, -0.25) is 0 Å². The molecular formula is C18H25N3O3. The lowest BCUT2D eigenvalue weighted by atomic mass is 10.0. The normalized spacial score (nSPS) is 17.2. The lowest BCUT2D eigenvalue weighted by Gasteiger charge is -2.27. The molecule has 0 bridgehead atoms. The molecule has 1 atom stereocenters. The zero-order chi connectivity index (χ0) is 17.1. The first-order valence-electron chi connectivity index (χ1n) is 8.81. The number of unbranched alkanes of at least 4 members (excludes halogenated alkanes) is 3. The van der Waals surface area contributed by atoms with Crippen LogP contribution in [0.25, 0.3) is 11.2 Å². The highest BCUT2D eigenvalue weighted by molar-refractivity contribution is 5.90. The number of nitrogens with zero attached hydrogens (tertiary/aromatic N) is 3. The number of aryl methyl sites for hydroxylation is 2. The molecule has 130 valence electrons. The minimum Gasteiger partial charge on any atom is -0.477 e. The minimum atomic E-state index is -0.965. The van der Waals surface area contributed by atoms with Crippen molar-refractivity contribution in [2.24, 2.45) is 0 Å². The van der Waals surface area contributed by atoms with Gasteiger partial charge in [0.2, 0.25) is 0 Å². The van der Waals surface area contributed by atoms with E-state index < -0.39 is 5.97 Å². The number of aromatic carboxylic acids is 1. The van der Waals surface area contributed by atoms with Crippen LogP contribution in [-0.4, -0.2) is 38.3 Å². The summed E-state index contributed by atoms with van der Waals surface area (Å²) >= 11 is 0. The molecule has 1 aliphatic rings. The molecule has 0 aromatic carbocycles. The van der Waals surface area contributed by atoms with E-state index in [4.69, 9.17) is 4.74 Å². The van der Waals surface area contributed by atoms with E-state index in [0.717, 1.165) is 55.6 Å². The first-order valence-corrected chi connectivity index (χ1v) is 8.81. The maximum atomic E-state index is 11.6. The summed E-state index contributed by atoms with van der Waals surface area (Å²) < 4.78 is 7.47. The summed E-state index contributed by atoms with van der Waals surface area (Å²) in [6.07, 6.45) is 6.38. The van der Waals surface area contributed by atoms with Crippen LogP contribution in [0, 0.1) is 6.92 Å². The molecule has 3 rings (SSSR count). The highest BCUT2D eigenvalue weighted by Crippen LogP contribution is 2.23. The number of carboxylic acids is 1. The van der Waals surface area contributed by atoms with Crippen molar-refractivity contribution in [1.82, 2.24) is 14.5 Å². The number of ether oxygens (including phenoxy) is 1. The van der Waals surface area contributed by atoms with Crippen LogP contribution >= 0.6 is 0 Å². The van der Waals surface area contributed by atoms with Crippen LogP contribution in [0.15, 0.2) is 6.07 Å². The van der Waals surface area contributed by atoms with E-state index in [-0.39, 0.29) is 11.8 Å². The van der Waals surface area contributed by atoms with Gasteiger partial charge in [-0.05, 0) is 37.8 Å². The van der Waals surface area contributed by atoms with Crippen LogP contribution in [0.2, 0.25) is 0 Å². The molecule has 1 saturated heterocycles. The van der Waals surface area contributed by atoms with E-state index in [0.29, 0.717) is 12.2 Å². The molecule has 2 aromatic rings. The Labute approximate surface area is 141 Å². The Hall–Kier alpha value is -1.95. The highest BCUT2D eigenvalue weighted by atomic mass is 16.5. The molecule has 3 heterocycles. The van der Waals surface area contributed by atoms with Crippen LogP contribution in [0.4, 0.5) is 0 Å². The van der Waals surface area contributed by atoms with E-state index >= 15 is 0 Å². The Morgan fingerprint density at radius 3 is 2.79 bits per heavy atom. The van der Waals surface area contributed by atoms with Gasteiger partial charge in [-0.25, -0.2) is 14.8 Å². The quantitative estimate of drug-likeness (QED) is 0.751. The molecule has 1 aliphatic heterocycles. The SMILES string of the molecule is CCCCCCc1cc2nc(C)n(C[C@@H]3CCO3)c2nc1C(=O)O. The molecule has 6 nitrogen and oxygen atoms in total. The Kier molecular flexibility index (Phi) is 5.14. The van der Waals surface area contributed by atoms with Gasteiger partial charge in [0.1, 0.15) is 11.3 Å². The van der Waals surface area contributed by atoms with Crippen molar-refractivity contribution in [3.8, 4) is 0 Å². The largest absolute Gasteiger partial charge is 0.477 e. The number of carbonyl (C=O) groups is 1. The van der Waals surface area contributed by atoms with E-state index in [1.54, 1.807) is 0 Å². The highest BCUT2D eigenvalue weighted by Gasteiger charge is 2.23. The topological polar surface area (TPSA) is 77.2 Å². The molecule has 1 N–H and O–H groups in total. The summed E-state index contributed by atoms with van der Waals surface area (Å²) in [5.74, 6) is -0.111. The first kappa shape index (κ1) is 16.9. The van der Waals surface area contributed by atoms with E-state index in [1.165, 1.54) is 6.42 Å². The zero-order valence-corrected chi connectivity index (χ0v) is 14.4. The fourth-order valence-corrected chi connectivity index (χ4v) is 3.17. The Morgan fingerprint density at radius 2 is 2.17 bits per heavy atom. The second kappa shape index (κ2) is 7.30. The number of hydrogen-bond donors (Lipinski definition) is 1. The summed E-state index contributed by atoms with van der Waals surface area (Å²) in [6, 6.07) is 1.91. The number of rotatable bonds is 8.